The molecule has 1 aliphatic heterocycles. The lowest BCUT2D eigenvalue weighted by Crippen LogP contribution is -2.46. The molecule has 6 nitrogen and oxygen atoms in total. The standard InChI is InChI=1S/C19H17Cl2N3O3/c1-10-16(18(25)23-14-5-3-4-6-15(14)27-2)17(24-19(26)22-10)12-8-7-11(20)9-13(12)21/h3-9,17H,1-2H3,(H,23,25)(H2,22,24,26)/t17-/m1/s1. The molecular formula is C19H17Cl2N3O3. The first-order valence-corrected chi connectivity index (χ1v) is 8.84. The highest BCUT2D eigenvalue weighted by molar-refractivity contribution is 6.35. The topological polar surface area (TPSA) is 79.5 Å². The van der Waals surface area contributed by atoms with E-state index < -0.39 is 12.1 Å². The van der Waals surface area contributed by atoms with Crippen LogP contribution in [-0.2, 0) is 4.79 Å². The van der Waals surface area contributed by atoms with Crippen molar-refractivity contribution in [1.82, 2.24) is 10.6 Å². The summed E-state index contributed by atoms with van der Waals surface area (Å²) in [7, 11) is 1.52. The molecule has 3 rings (SSSR count). The molecule has 0 bridgehead atoms. The average Bonchev–Trinajstić information content (AvgIpc) is 2.61. The zero-order valence-electron chi connectivity index (χ0n) is 14.6. The van der Waals surface area contributed by atoms with Crippen molar-refractivity contribution in [2.45, 2.75) is 13.0 Å². The first-order valence-electron chi connectivity index (χ1n) is 8.08. The SMILES string of the molecule is COc1ccccc1NC(=O)C1=C(C)NC(=O)N[C@@H]1c1ccc(Cl)cc1Cl. The third-order valence-corrected chi connectivity index (χ3v) is 4.70. The van der Waals surface area contributed by atoms with Gasteiger partial charge < -0.3 is 20.7 Å². The first kappa shape index (κ1) is 19.1. The van der Waals surface area contributed by atoms with Crippen LogP contribution in [0.25, 0.3) is 0 Å². The second kappa shape index (κ2) is 7.90. The summed E-state index contributed by atoms with van der Waals surface area (Å²) < 4.78 is 5.27. The number of para-hydroxylation sites is 2. The van der Waals surface area contributed by atoms with E-state index in [0.717, 1.165) is 0 Å². The third-order valence-electron chi connectivity index (χ3n) is 4.14. The Morgan fingerprint density at radius 1 is 1.19 bits per heavy atom. The van der Waals surface area contributed by atoms with Crippen molar-refractivity contribution in [2.24, 2.45) is 0 Å². The van der Waals surface area contributed by atoms with Gasteiger partial charge in [0.2, 0.25) is 0 Å². The van der Waals surface area contributed by atoms with Gasteiger partial charge in [-0.25, -0.2) is 4.79 Å². The van der Waals surface area contributed by atoms with Crippen molar-refractivity contribution in [1.29, 1.82) is 0 Å². The molecule has 0 saturated heterocycles. The Bertz CT molecular complexity index is 944. The minimum Gasteiger partial charge on any atom is -0.495 e. The molecule has 3 N–H and O–H groups in total. The van der Waals surface area contributed by atoms with Gasteiger partial charge in [-0.2, -0.15) is 0 Å². The maximum atomic E-state index is 13.0. The number of benzene rings is 2. The number of methoxy groups -OCH3 is 1. The predicted molar refractivity (Wildman–Crippen MR) is 105 cm³/mol. The van der Waals surface area contributed by atoms with E-state index in [9.17, 15) is 9.59 Å². The Morgan fingerprint density at radius 3 is 2.63 bits per heavy atom. The first-order chi connectivity index (χ1) is 12.9. The van der Waals surface area contributed by atoms with E-state index in [4.69, 9.17) is 27.9 Å². The number of carbonyl (C=O) groups excluding carboxylic acids is 2. The predicted octanol–water partition coefficient (Wildman–Crippen LogP) is 4.27. The highest BCUT2D eigenvalue weighted by atomic mass is 35.5. The van der Waals surface area contributed by atoms with Crippen LogP contribution in [0, 0.1) is 0 Å². The number of ether oxygens (including phenoxy) is 1. The van der Waals surface area contributed by atoms with Crippen LogP contribution in [0.1, 0.15) is 18.5 Å². The summed E-state index contributed by atoms with van der Waals surface area (Å²) in [5.41, 5.74) is 1.86. The summed E-state index contributed by atoms with van der Waals surface area (Å²) in [6.07, 6.45) is 0. The van der Waals surface area contributed by atoms with Gasteiger partial charge in [0.15, 0.2) is 0 Å². The summed E-state index contributed by atoms with van der Waals surface area (Å²) in [5, 5.41) is 9.00. The largest absolute Gasteiger partial charge is 0.495 e. The fourth-order valence-electron chi connectivity index (χ4n) is 2.90. The van der Waals surface area contributed by atoms with E-state index in [1.54, 1.807) is 49.4 Å². The van der Waals surface area contributed by atoms with Crippen LogP contribution in [0.15, 0.2) is 53.7 Å². The molecular weight excluding hydrogens is 389 g/mol. The second-order valence-corrected chi connectivity index (χ2v) is 6.73. The van der Waals surface area contributed by atoms with Gasteiger partial charge in [0.1, 0.15) is 5.75 Å². The fraction of sp³-hybridized carbons (Fsp3) is 0.158. The van der Waals surface area contributed by atoms with Crippen molar-refractivity contribution in [3.05, 3.63) is 69.3 Å². The van der Waals surface area contributed by atoms with E-state index in [-0.39, 0.29) is 5.91 Å². The molecule has 0 fully saturated rings. The Labute approximate surface area is 166 Å². The number of hydrogen-bond acceptors (Lipinski definition) is 3. The van der Waals surface area contributed by atoms with Crippen LogP contribution in [-0.4, -0.2) is 19.0 Å². The van der Waals surface area contributed by atoms with E-state index in [1.165, 1.54) is 7.11 Å². The van der Waals surface area contributed by atoms with Gasteiger partial charge in [-0.15, -0.1) is 0 Å². The van der Waals surface area contributed by atoms with Crippen LogP contribution < -0.4 is 20.7 Å². The van der Waals surface area contributed by atoms with Crippen molar-refractivity contribution in [3.8, 4) is 5.75 Å². The summed E-state index contributed by atoms with van der Waals surface area (Å²) in [6.45, 7) is 1.66. The molecule has 0 unspecified atom stereocenters. The van der Waals surface area contributed by atoms with Gasteiger partial charge in [-0.3, -0.25) is 4.79 Å². The van der Waals surface area contributed by atoms with E-state index in [0.29, 0.717) is 38.3 Å². The monoisotopic (exact) mass is 405 g/mol. The normalized spacial score (nSPS) is 16.4. The number of carbonyl (C=O) groups is 2. The molecule has 140 valence electrons. The van der Waals surface area contributed by atoms with E-state index in [2.05, 4.69) is 16.0 Å². The quantitative estimate of drug-likeness (QED) is 0.710. The molecule has 0 saturated carbocycles. The molecule has 3 amide bonds. The van der Waals surface area contributed by atoms with Gasteiger partial charge in [0.05, 0.1) is 24.4 Å². The van der Waals surface area contributed by atoms with Crippen LogP contribution in [0.4, 0.5) is 10.5 Å². The Balaban J connectivity index is 2.00. The van der Waals surface area contributed by atoms with Gasteiger partial charge in [0, 0.05) is 15.7 Å². The van der Waals surface area contributed by atoms with Crippen molar-refractivity contribution in [3.63, 3.8) is 0 Å². The average molecular weight is 406 g/mol. The molecule has 0 radical (unpaired) electrons. The number of anilines is 1. The van der Waals surface area contributed by atoms with E-state index >= 15 is 0 Å². The van der Waals surface area contributed by atoms with E-state index in [1.807, 2.05) is 0 Å². The van der Waals surface area contributed by atoms with Gasteiger partial charge in [0.25, 0.3) is 5.91 Å². The number of hydrogen-bond donors (Lipinski definition) is 3. The lowest BCUT2D eigenvalue weighted by Gasteiger charge is -2.29. The van der Waals surface area contributed by atoms with Crippen LogP contribution >= 0.6 is 23.2 Å². The number of amides is 3. The number of halogens is 2. The molecule has 8 heteroatoms. The van der Waals surface area contributed by atoms with Crippen LogP contribution in [0.3, 0.4) is 0 Å². The Morgan fingerprint density at radius 2 is 1.93 bits per heavy atom. The summed E-state index contributed by atoms with van der Waals surface area (Å²) in [5.74, 6) is 0.137. The zero-order chi connectivity index (χ0) is 19.6. The third kappa shape index (κ3) is 4.02. The lowest BCUT2D eigenvalue weighted by molar-refractivity contribution is -0.113. The maximum Gasteiger partial charge on any atom is 0.319 e. The Hall–Kier alpha value is -2.70. The number of urea groups is 1. The number of nitrogens with one attached hydrogen (secondary N) is 3. The van der Waals surface area contributed by atoms with Crippen LogP contribution in [0.2, 0.25) is 10.0 Å². The van der Waals surface area contributed by atoms with Crippen LogP contribution in [0.5, 0.6) is 5.75 Å². The minimum atomic E-state index is -0.724. The Kier molecular flexibility index (Phi) is 5.58. The van der Waals surface area contributed by atoms with Crippen molar-refractivity contribution in [2.75, 3.05) is 12.4 Å². The summed E-state index contributed by atoms with van der Waals surface area (Å²) in [4.78, 5) is 25.0. The molecule has 2 aromatic carbocycles. The lowest BCUT2D eigenvalue weighted by atomic mass is 9.94. The fourth-order valence-corrected chi connectivity index (χ4v) is 3.42. The molecule has 0 aromatic heterocycles. The van der Waals surface area contributed by atoms with Gasteiger partial charge in [-0.1, -0.05) is 41.4 Å². The maximum absolute atomic E-state index is 13.0. The summed E-state index contributed by atoms with van der Waals surface area (Å²) in [6, 6.07) is 10.8. The molecule has 0 aliphatic carbocycles. The molecule has 2 aromatic rings. The molecule has 27 heavy (non-hydrogen) atoms. The summed E-state index contributed by atoms with van der Waals surface area (Å²) >= 11 is 12.3. The highest BCUT2D eigenvalue weighted by Crippen LogP contribution is 2.34. The molecule has 1 aliphatic rings. The number of allylic oxidation sites excluding steroid dienone is 1. The molecule has 0 spiro atoms. The molecule has 1 heterocycles. The minimum absolute atomic E-state index is 0.338. The number of rotatable bonds is 4. The van der Waals surface area contributed by atoms with Gasteiger partial charge in [-0.05, 0) is 36.8 Å². The van der Waals surface area contributed by atoms with Crippen molar-refractivity contribution < 1.29 is 14.3 Å². The molecule has 1 atom stereocenters. The zero-order valence-corrected chi connectivity index (χ0v) is 16.1. The second-order valence-electron chi connectivity index (χ2n) is 5.89. The smallest absolute Gasteiger partial charge is 0.319 e. The van der Waals surface area contributed by atoms with Crippen molar-refractivity contribution >= 4 is 40.8 Å². The highest BCUT2D eigenvalue weighted by Gasteiger charge is 2.32. The van der Waals surface area contributed by atoms with Gasteiger partial charge >= 0.3 is 6.03 Å².